The van der Waals surface area contributed by atoms with Crippen molar-refractivity contribution in [2.75, 3.05) is 33.8 Å². The molecule has 5 rings (SSSR count). The highest BCUT2D eigenvalue weighted by Gasteiger charge is 2.56. The Bertz CT molecular complexity index is 1040. The number of hydrogen-bond acceptors (Lipinski definition) is 4. The fourth-order valence-electron chi connectivity index (χ4n) is 5.68. The second-order valence-corrected chi connectivity index (χ2v) is 9.93. The predicted octanol–water partition coefficient (Wildman–Crippen LogP) is 3.32. The van der Waals surface area contributed by atoms with Crippen molar-refractivity contribution in [1.29, 1.82) is 5.41 Å². The third kappa shape index (κ3) is 4.02. The Balaban J connectivity index is 1.41. The smallest absolute Gasteiger partial charge is 0.244 e. The van der Waals surface area contributed by atoms with E-state index in [1.807, 2.05) is 17.0 Å². The minimum Gasteiger partial charge on any atom is -0.497 e. The molecule has 7 heteroatoms. The van der Waals surface area contributed by atoms with E-state index >= 15 is 0 Å². The number of carbonyl (C=O) groups is 1. The van der Waals surface area contributed by atoms with Crippen molar-refractivity contribution in [3.63, 3.8) is 0 Å². The van der Waals surface area contributed by atoms with Crippen molar-refractivity contribution in [3.05, 3.63) is 65.2 Å². The van der Waals surface area contributed by atoms with Gasteiger partial charge < -0.3 is 20.3 Å². The minimum atomic E-state index is -0.550. The van der Waals surface area contributed by atoms with E-state index in [2.05, 4.69) is 53.2 Å². The maximum atomic E-state index is 14.0. The first-order valence-corrected chi connectivity index (χ1v) is 12.3. The van der Waals surface area contributed by atoms with E-state index in [4.69, 9.17) is 15.9 Å². The van der Waals surface area contributed by atoms with E-state index in [0.717, 1.165) is 12.2 Å². The number of carbonyl (C=O) groups excluding carboxylic acids is 1. The van der Waals surface area contributed by atoms with Gasteiger partial charge in [-0.2, -0.15) is 0 Å². The highest BCUT2D eigenvalue weighted by Crippen LogP contribution is 2.45. The highest BCUT2D eigenvalue weighted by atomic mass is 16.5. The van der Waals surface area contributed by atoms with Crippen LogP contribution in [0.3, 0.4) is 0 Å². The molecule has 2 aliphatic heterocycles. The monoisotopic (exact) mass is 461 g/mol. The van der Waals surface area contributed by atoms with Crippen molar-refractivity contribution in [2.24, 2.45) is 5.73 Å². The van der Waals surface area contributed by atoms with Crippen molar-refractivity contribution in [1.82, 2.24) is 14.7 Å². The van der Waals surface area contributed by atoms with Gasteiger partial charge >= 0.3 is 0 Å². The molecule has 0 bridgehead atoms. The van der Waals surface area contributed by atoms with E-state index in [-0.39, 0.29) is 18.0 Å². The number of methoxy groups -OCH3 is 1. The first-order chi connectivity index (χ1) is 16.4. The fourth-order valence-corrected chi connectivity index (χ4v) is 5.68. The lowest BCUT2D eigenvalue weighted by Crippen LogP contribution is -2.57. The molecule has 1 aliphatic carbocycles. The third-order valence-corrected chi connectivity index (χ3v) is 8.01. The molecular formula is C27H35N5O2. The lowest BCUT2D eigenvalue weighted by Gasteiger charge is -2.42. The molecule has 3 fully saturated rings. The lowest BCUT2D eigenvalue weighted by atomic mass is 9.86. The quantitative estimate of drug-likeness (QED) is 0.509. The zero-order chi connectivity index (χ0) is 23.9. The van der Waals surface area contributed by atoms with Crippen LogP contribution >= 0.6 is 0 Å². The SMILES string of the molecule is COc1ccc(CCN2C(=O)C3(CCN(C(=N)N)CC3)N(C)C2c2ccc(C3CC3)cc2)cc1. The predicted molar refractivity (Wildman–Crippen MR) is 133 cm³/mol. The Morgan fingerprint density at radius 1 is 1.06 bits per heavy atom. The van der Waals surface area contributed by atoms with Crippen LogP contribution in [-0.4, -0.2) is 65.9 Å². The molecule has 1 atom stereocenters. The van der Waals surface area contributed by atoms with Crippen LogP contribution in [0, 0.1) is 5.41 Å². The van der Waals surface area contributed by atoms with Crippen molar-refractivity contribution in [3.8, 4) is 5.75 Å². The van der Waals surface area contributed by atoms with Crippen molar-refractivity contribution >= 4 is 11.9 Å². The van der Waals surface area contributed by atoms with Crippen LogP contribution in [0.1, 0.15) is 54.5 Å². The number of benzene rings is 2. The van der Waals surface area contributed by atoms with Crippen LogP contribution in [0.5, 0.6) is 5.75 Å². The summed E-state index contributed by atoms with van der Waals surface area (Å²) in [6, 6.07) is 17.0. The fraction of sp³-hybridized carbons (Fsp3) is 0.481. The number of likely N-dealkylation sites (tertiary alicyclic amines) is 1. The Kier molecular flexibility index (Phi) is 5.98. The molecule has 1 unspecified atom stereocenters. The van der Waals surface area contributed by atoms with Crippen LogP contribution in [0.2, 0.25) is 0 Å². The van der Waals surface area contributed by atoms with E-state index in [1.54, 1.807) is 7.11 Å². The van der Waals surface area contributed by atoms with Crippen LogP contribution < -0.4 is 10.5 Å². The van der Waals surface area contributed by atoms with Gasteiger partial charge in [0, 0.05) is 19.6 Å². The summed E-state index contributed by atoms with van der Waals surface area (Å²) in [7, 11) is 3.76. The molecular weight excluding hydrogens is 426 g/mol. The van der Waals surface area contributed by atoms with E-state index < -0.39 is 5.54 Å². The van der Waals surface area contributed by atoms with Crippen LogP contribution in [-0.2, 0) is 11.2 Å². The molecule has 1 spiro atoms. The van der Waals surface area contributed by atoms with Gasteiger partial charge in [-0.25, -0.2) is 0 Å². The molecule has 3 aliphatic rings. The van der Waals surface area contributed by atoms with Crippen molar-refractivity contribution in [2.45, 2.75) is 49.7 Å². The second-order valence-electron chi connectivity index (χ2n) is 9.93. The Morgan fingerprint density at radius 3 is 2.24 bits per heavy atom. The molecule has 34 heavy (non-hydrogen) atoms. The Morgan fingerprint density at radius 2 is 1.68 bits per heavy atom. The van der Waals surface area contributed by atoms with Gasteiger partial charge in [-0.05, 0) is 73.9 Å². The van der Waals surface area contributed by atoms with Gasteiger partial charge in [0.2, 0.25) is 5.91 Å². The average Bonchev–Trinajstić information content (AvgIpc) is 3.69. The summed E-state index contributed by atoms with van der Waals surface area (Å²) in [5.41, 5.74) is 8.95. The average molecular weight is 462 g/mol. The summed E-state index contributed by atoms with van der Waals surface area (Å²) in [6.45, 7) is 1.92. The van der Waals surface area contributed by atoms with E-state index in [9.17, 15) is 4.79 Å². The number of amides is 1. The zero-order valence-electron chi connectivity index (χ0n) is 20.2. The number of hydrogen-bond donors (Lipinski definition) is 2. The summed E-state index contributed by atoms with van der Waals surface area (Å²) >= 11 is 0. The molecule has 2 heterocycles. The Hall–Kier alpha value is -3.06. The first kappa shape index (κ1) is 22.7. The molecule has 2 saturated heterocycles. The first-order valence-electron chi connectivity index (χ1n) is 12.3. The summed E-state index contributed by atoms with van der Waals surface area (Å²) in [5, 5.41) is 7.80. The molecule has 3 N–H and O–H groups in total. The van der Waals surface area contributed by atoms with Crippen LogP contribution in [0.25, 0.3) is 0 Å². The van der Waals surface area contributed by atoms with Gasteiger partial charge in [0.05, 0.1) is 7.11 Å². The maximum Gasteiger partial charge on any atom is 0.244 e. The normalized spacial score (nSPS) is 22.4. The van der Waals surface area contributed by atoms with Gasteiger partial charge in [0.1, 0.15) is 17.5 Å². The summed E-state index contributed by atoms with van der Waals surface area (Å²) < 4.78 is 5.29. The zero-order valence-corrected chi connectivity index (χ0v) is 20.2. The minimum absolute atomic E-state index is 0.0894. The van der Waals surface area contributed by atoms with Gasteiger partial charge in [-0.15, -0.1) is 0 Å². The molecule has 1 saturated carbocycles. The van der Waals surface area contributed by atoms with E-state index in [0.29, 0.717) is 38.4 Å². The number of likely N-dealkylation sites (N-methyl/N-ethyl adjacent to an activating group) is 1. The number of nitrogens with two attached hydrogens (primary N) is 1. The molecule has 0 radical (unpaired) electrons. The standard InChI is InChI=1S/C27H35N5O2/c1-30-24(22-9-7-21(8-10-22)20-5-6-20)32(16-13-19-3-11-23(34-2)12-4-19)25(33)27(30)14-17-31(18-15-27)26(28)29/h3-4,7-12,20,24H,5-6,13-18H2,1-2H3,(H3,28,29). The number of nitrogens with zero attached hydrogens (tertiary/aromatic N) is 3. The van der Waals surface area contributed by atoms with Gasteiger partial charge in [0.25, 0.3) is 0 Å². The lowest BCUT2D eigenvalue weighted by molar-refractivity contribution is -0.135. The summed E-state index contributed by atoms with van der Waals surface area (Å²) in [4.78, 5) is 20.2. The molecule has 2 aromatic carbocycles. The number of rotatable bonds is 6. The maximum absolute atomic E-state index is 14.0. The summed E-state index contributed by atoms with van der Waals surface area (Å²) in [5.74, 6) is 1.84. The Labute approximate surface area is 202 Å². The molecule has 7 nitrogen and oxygen atoms in total. The number of nitrogens with one attached hydrogen (secondary N) is 1. The number of piperidine rings is 1. The van der Waals surface area contributed by atoms with E-state index in [1.165, 1.54) is 29.5 Å². The molecule has 1 amide bonds. The number of guanidine groups is 1. The highest BCUT2D eigenvalue weighted by molar-refractivity contribution is 5.89. The van der Waals surface area contributed by atoms with Gasteiger partial charge in [-0.1, -0.05) is 36.4 Å². The van der Waals surface area contributed by atoms with Crippen LogP contribution in [0.4, 0.5) is 0 Å². The second kappa shape index (κ2) is 8.95. The van der Waals surface area contributed by atoms with Crippen LogP contribution in [0.15, 0.2) is 48.5 Å². The van der Waals surface area contributed by atoms with Gasteiger partial charge in [0.15, 0.2) is 5.96 Å². The topological polar surface area (TPSA) is 85.9 Å². The van der Waals surface area contributed by atoms with Crippen molar-refractivity contribution < 1.29 is 9.53 Å². The largest absolute Gasteiger partial charge is 0.497 e. The molecule has 2 aromatic rings. The summed E-state index contributed by atoms with van der Waals surface area (Å²) in [6.07, 6.45) is 4.61. The third-order valence-electron chi connectivity index (χ3n) is 8.01. The molecule has 180 valence electrons. The number of ether oxygens (including phenoxy) is 1. The van der Waals surface area contributed by atoms with Gasteiger partial charge in [-0.3, -0.25) is 15.1 Å². The molecule has 0 aromatic heterocycles.